The van der Waals surface area contributed by atoms with Crippen molar-refractivity contribution in [1.29, 1.82) is 0 Å². The Bertz CT molecular complexity index is 444. The number of hydrogen-bond donors (Lipinski definition) is 0. The van der Waals surface area contributed by atoms with Crippen LogP contribution < -0.4 is 0 Å². The lowest BCUT2D eigenvalue weighted by Gasteiger charge is -2.27. The van der Waals surface area contributed by atoms with Gasteiger partial charge in [-0.1, -0.05) is 19.9 Å². The lowest BCUT2D eigenvalue weighted by atomic mass is 9.88. The highest BCUT2D eigenvalue weighted by Gasteiger charge is 2.26. The maximum atomic E-state index is 11.0. The molecule has 2 rings (SSSR count). The Morgan fingerprint density at radius 1 is 1.35 bits per heavy atom. The fraction of sp³-hybridized carbons (Fsp3) is 0.538. The first kappa shape index (κ1) is 12.0. The average Bonchev–Trinajstić information content (AvgIpc) is 2.32. The molecule has 0 radical (unpaired) electrons. The molecule has 0 atom stereocenters. The summed E-state index contributed by atoms with van der Waals surface area (Å²) in [6.07, 6.45) is 6.62. The molecule has 0 amide bonds. The third kappa shape index (κ3) is 2.64. The Kier molecular flexibility index (Phi) is 2.91. The Labute approximate surface area is 101 Å². The lowest BCUT2D eigenvalue weighted by molar-refractivity contribution is -0.419. The molecule has 0 aromatic carbocycles. The molecular weight excluding hydrogens is 216 g/mol. The first-order valence-electron chi connectivity index (χ1n) is 5.86. The second-order valence-corrected chi connectivity index (χ2v) is 5.47. The van der Waals surface area contributed by atoms with E-state index in [1.54, 1.807) is 12.2 Å². The van der Waals surface area contributed by atoms with E-state index in [-0.39, 0.29) is 16.0 Å². The van der Waals surface area contributed by atoms with Crippen molar-refractivity contribution in [2.75, 3.05) is 20.1 Å². The first-order valence-corrected chi connectivity index (χ1v) is 5.86. The van der Waals surface area contributed by atoms with Crippen molar-refractivity contribution in [1.82, 2.24) is 4.90 Å². The van der Waals surface area contributed by atoms with E-state index in [4.69, 9.17) is 0 Å². The van der Waals surface area contributed by atoms with Gasteiger partial charge in [-0.05, 0) is 24.6 Å². The molecule has 0 bridgehead atoms. The largest absolute Gasteiger partial charge is 0.302 e. The second-order valence-electron chi connectivity index (χ2n) is 5.47. The smallest absolute Gasteiger partial charge is 0.266 e. The lowest BCUT2D eigenvalue weighted by Crippen LogP contribution is -2.28. The van der Waals surface area contributed by atoms with Gasteiger partial charge in [0.15, 0.2) is 0 Å². The molecule has 0 spiro atoms. The average molecular weight is 234 g/mol. The van der Waals surface area contributed by atoms with Crippen LogP contribution in [0.25, 0.3) is 0 Å². The quantitative estimate of drug-likeness (QED) is 0.517. The zero-order valence-electron chi connectivity index (χ0n) is 10.6. The normalized spacial score (nSPS) is 24.1. The van der Waals surface area contributed by atoms with E-state index in [1.807, 2.05) is 20.9 Å². The van der Waals surface area contributed by atoms with Gasteiger partial charge in [0.25, 0.3) is 5.70 Å². The number of likely N-dealkylation sites (tertiary alicyclic amines) is 1. The first-order chi connectivity index (χ1) is 7.87. The maximum Gasteiger partial charge on any atom is 0.266 e. The van der Waals surface area contributed by atoms with Crippen molar-refractivity contribution in [3.05, 3.63) is 45.2 Å². The number of nitrogens with zero attached hydrogens (tertiary/aromatic N) is 2. The summed E-state index contributed by atoms with van der Waals surface area (Å²) >= 11 is 0. The van der Waals surface area contributed by atoms with E-state index >= 15 is 0 Å². The molecule has 1 heterocycles. The van der Waals surface area contributed by atoms with Gasteiger partial charge in [-0.2, -0.15) is 0 Å². The molecule has 1 fully saturated rings. The number of rotatable bonds is 1. The van der Waals surface area contributed by atoms with Gasteiger partial charge in [0, 0.05) is 30.7 Å². The summed E-state index contributed by atoms with van der Waals surface area (Å²) in [6.45, 7) is 5.84. The molecule has 1 saturated heterocycles. The zero-order chi connectivity index (χ0) is 12.6. The fourth-order valence-electron chi connectivity index (χ4n) is 2.44. The Morgan fingerprint density at radius 2 is 2.06 bits per heavy atom. The summed E-state index contributed by atoms with van der Waals surface area (Å²) in [5, 5.41) is 11.0. The van der Waals surface area contributed by atoms with Crippen molar-refractivity contribution < 1.29 is 4.92 Å². The number of allylic oxidation sites excluding steroid dienone is 3. The minimum Gasteiger partial charge on any atom is -0.302 e. The summed E-state index contributed by atoms with van der Waals surface area (Å²) in [5.41, 5.74) is 2.33. The highest BCUT2D eigenvalue weighted by atomic mass is 16.6. The Morgan fingerprint density at radius 3 is 2.71 bits per heavy atom. The summed E-state index contributed by atoms with van der Waals surface area (Å²) in [4.78, 5) is 12.9. The molecule has 17 heavy (non-hydrogen) atoms. The van der Waals surface area contributed by atoms with Crippen LogP contribution in [0.4, 0.5) is 0 Å². The summed E-state index contributed by atoms with van der Waals surface area (Å²) in [6, 6.07) is 0. The molecule has 2 aliphatic rings. The molecular formula is C13H18N2O2. The van der Waals surface area contributed by atoms with Crippen LogP contribution in [-0.2, 0) is 0 Å². The zero-order valence-corrected chi connectivity index (χ0v) is 10.6. The highest BCUT2D eigenvalue weighted by molar-refractivity contribution is 5.43. The van der Waals surface area contributed by atoms with Crippen LogP contribution >= 0.6 is 0 Å². The third-order valence-electron chi connectivity index (χ3n) is 3.21. The van der Waals surface area contributed by atoms with E-state index in [0.717, 1.165) is 25.1 Å². The van der Waals surface area contributed by atoms with E-state index in [9.17, 15) is 10.1 Å². The molecule has 0 unspecified atom stereocenters. The van der Waals surface area contributed by atoms with Crippen molar-refractivity contribution in [2.24, 2.45) is 5.41 Å². The van der Waals surface area contributed by atoms with Crippen molar-refractivity contribution in [2.45, 2.75) is 20.3 Å². The second kappa shape index (κ2) is 4.11. The summed E-state index contributed by atoms with van der Waals surface area (Å²) < 4.78 is 0. The molecule has 1 aliphatic carbocycles. The number of piperidine rings is 1. The van der Waals surface area contributed by atoms with Crippen LogP contribution in [0.1, 0.15) is 20.3 Å². The number of fused-ring (bicyclic) bond motifs is 1. The number of likely N-dealkylation sites (N-methyl/N-ethyl adjacent to an activating group) is 1. The Hall–Kier alpha value is -1.42. The van der Waals surface area contributed by atoms with Gasteiger partial charge in [-0.3, -0.25) is 10.1 Å². The van der Waals surface area contributed by atoms with Gasteiger partial charge in [-0.25, -0.2) is 0 Å². The molecule has 92 valence electrons. The topological polar surface area (TPSA) is 46.4 Å². The number of hydrogen-bond acceptors (Lipinski definition) is 3. The van der Waals surface area contributed by atoms with E-state index in [2.05, 4.69) is 11.0 Å². The fourth-order valence-corrected chi connectivity index (χ4v) is 2.44. The van der Waals surface area contributed by atoms with Crippen LogP contribution in [0.15, 0.2) is 35.1 Å². The summed E-state index contributed by atoms with van der Waals surface area (Å²) in [5.74, 6) is 0. The maximum absolute atomic E-state index is 11.0. The third-order valence-corrected chi connectivity index (χ3v) is 3.21. The van der Waals surface area contributed by atoms with Crippen LogP contribution in [0.5, 0.6) is 0 Å². The molecule has 4 heteroatoms. The SMILES string of the molecule is CN1CCC2=CC(C)(C)C=C([N+](=O)[O-])C=C2C1. The molecule has 0 N–H and O–H groups in total. The number of nitro groups is 1. The van der Waals surface area contributed by atoms with Gasteiger partial charge in [-0.15, -0.1) is 0 Å². The minimum atomic E-state index is -0.292. The molecule has 4 nitrogen and oxygen atoms in total. The molecule has 0 saturated carbocycles. The van der Waals surface area contributed by atoms with E-state index < -0.39 is 0 Å². The molecule has 0 aromatic rings. The standard InChI is InChI=1S/C13H18N2O2/c1-13(2)7-10-4-5-14(3)9-11(10)6-12(8-13)15(16)17/h6-8H,4-5,9H2,1-3H3. The predicted molar refractivity (Wildman–Crippen MR) is 67.1 cm³/mol. The van der Waals surface area contributed by atoms with Crippen LogP contribution in [0, 0.1) is 15.5 Å². The summed E-state index contributed by atoms with van der Waals surface area (Å²) in [7, 11) is 2.04. The van der Waals surface area contributed by atoms with Crippen molar-refractivity contribution in [3.63, 3.8) is 0 Å². The van der Waals surface area contributed by atoms with Crippen molar-refractivity contribution >= 4 is 0 Å². The highest BCUT2D eigenvalue weighted by Crippen LogP contribution is 2.33. The van der Waals surface area contributed by atoms with Crippen LogP contribution in [0.2, 0.25) is 0 Å². The molecule has 1 aliphatic heterocycles. The van der Waals surface area contributed by atoms with Gasteiger partial charge < -0.3 is 4.90 Å². The molecule has 0 aromatic heterocycles. The van der Waals surface area contributed by atoms with Gasteiger partial charge >= 0.3 is 0 Å². The predicted octanol–water partition coefficient (Wildman–Crippen LogP) is 2.38. The van der Waals surface area contributed by atoms with Crippen molar-refractivity contribution in [3.8, 4) is 0 Å². The van der Waals surface area contributed by atoms with Gasteiger partial charge in [0.1, 0.15) is 0 Å². The minimum absolute atomic E-state index is 0.214. The van der Waals surface area contributed by atoms with Crippen LogP contribution in [0.3, 0.4) is 0 Å². The van der Waals surface area contributed by atoms with Gasteiger partial charge in [0.2, 0.25) is 0 Å². The monoisotopic (exact) mass is 234 g/mol. The van der Waals surface area contributed by atoms with Crippen LogP contribution in [-0.4, -0.2) is 30.0 Å². The van der Waals surface area contributed by atoms with Gasteiger partial charge in [0.05, 0.1) is 4.92 Å². The Balaban J connectivity index is 2.45. The van der Waals surface area contributed by atoms with E-state index in [1.165, 1.54) is 5.57 Å². The van der Waals surface area contributed by atoms with E-state index in [0.29, 0.717) is 0 Å².